The number of rotatable bonds is 4. The lowest BCUT2D eigenvalue weighted by atomic mass is 10.2. The van der Waals surface area contributed by atoms with Crippen LogP contribution in [0.5, 0.6) is 0 Å². The van der Waals surface area contributed by atoms with Gasteiger partial charge in [0.25, 0.3) is 5.91 Å². The Hall–Kier alpha value is -1.88. The van der Waals surface area contributed by atoms with E-state index in [1.807, 2.05) is 0 Å². The Labute approximate surface area is 94.0 Å². The van der Waals surface area contributed by atoms with E-state index in [1.165, 1.54) is 4.90 Å². The molecule has 2 amide bonds. The molecule has 1 aromatic carbocycles. The molecule has 5 nitrogen and oxygen atoms in total. The molecule has 85 valence electrons. The largest absolute Gasteiger partial charge is 0.320 e. The van der Waals surface area contributed by atoms with E-state index >= 15 is 0 Å². The molecule has 0 heterocycles. The standard InChI is InChI=1S/C11H14N3O2/c1-8(12)11(16)14(7-10(13)15)9-5-3-2-4-6-9/h2-6,8,13H,7,12H2,1H3/t8-/m1/s1. The summed E-state index contributed by atoms with van der Waals surface area (Å²) < 4.78 is 0. The SMILES string of the molecule is C[C@@H](N)C(=O)N(CC([NH])=O)c1ccccc1. The van der Waals surface area contributed by atoms with Crippen LogP contribution in [0.3, 0.4) is 0 Å². The quantitative estimate of drug-likeness (QED) is 0.784. The molecule has 0 spiro atoms. The molecule has 0 fully saturated rings. The third-order valence-corrected chi connectivity index (χ3v) is 2.03. The molecule has 0 saturated carbocycles. The van der Waals surface area contributed by atoms with E-state index in [2.05, 4.69) is 0 Å². The number of carbonyl (C=O) groups is 2. The van der Waals surface area contributed by atoms with Crippen LogP contribution in [0.25, 0.3) is 0 Å². The van der Waals surface area contributed by atoms with Crippen LogP contribution < -0.4 is 16.4 Å². The summed E-state index contributed by atoms with van der Waals surface area (Å²) >= 11 is 0. The predicted octanol–water partition coefficient (Wildman–Crippen LogP) is 0.176. The Bertz CT molecular complexity index is 376. The van der Waals surface area contributed by atoms with E-state index in [0.717, 1.165) is 0 Å². The van der Waals surface area contributed by atoms with Gasteiger partial charge >= 0.3 is 0 Å². The molecule has 0 bridgehead atoms. The van der Waals surface area contributed by atoms with E-state index < -0.39 is 11.9 Å². The van der Waals surface area contributed by atoms with Crippen molar-refractivity contribution in [2.24, 2.45) is 5.73 Å². The van der Waals surface area contributed by atoms with E-state index in [9.17, 15) is 9.59 Å². The summed E-state index contributed by atoms with van der Waals surface area (Å²) in [6, 6.07) is 8.02. The van der Waals surface area contributed by atoms with Gasteiger partial charge in [-0.25, -0.2) is 0 Å². The van der Waals surface area contributed by atoms with Gasteiger partial charge in [-0.05, 0) is 19.1 Å². The Balaban J connectivity index is 2.96. The van der Waals surface area contributed by atoms with Crippen molar-refractivity contribution in [2.45, 2.75) is 13.0 Å². The normalized spacial score (nSPS) is 11.9. The Morgan fingerprint density at radius 3 is 2.38 bits per heavy atom. The van der Waals surface area contributed by atoms with Gasteiger partial charge in [-0.15, -0.1) is 0 Å². The highest BCUT2D eigenvalue weighted by molar-refractivity contribution is 6.00. The van der Waals surface area contributed by atoms with Crippen LogP contribution in [-0.4, -0.2) is 24.4 Å². The first-order valence-corrected chi connectivity index (χ1v) is 4.89. The second kappa shape index (κ2) is 5.27. The van der Waals surface area contributed by atoms with Crippen LogP contribution in [0, 0.1) is 0 Å². The molecule has 1 rings (SSSR count). The molecular weight excluding hydrogens is 206 g/mol. The van der Waals surface area contributed by atoms with Crippen LogP contribution in [-0.2, 0) is 9.59 Å². The lowest BCUT2D eigenvalue weighted by Crippen LogP contribution is -2.44. The highest BCUT2D eigenvalue weighted by Crippen LogP contribution is 2.13. The molecule has 3 N–H and O–H groups in total. The Morgan fingerprint density at radius 2 is 1.94 bits per heavy atom. The van der Waals surface area contributed by atoms with Gasteiger partial charge < -0.3 is 10.6 Å². The van der Waals surface area contributed by atoms with E-state index in [4.69, 9.17) is 11.5 Å². The van der Waals surface area contributed by atoms with Crippen molar-refractivity contribution >= 4 is 17.5 Å². The van der Waals surface area contributed by atoms with E-state index in [-0.39, 0.29) is 12.5 Å². The van der Waals surface area contributed by atoms with Crippen molar-refractivity contribution < 1.29 is 9.59 Å². The summed E-state index contributed by atoms with van der Waals surface area (Å²) in [5.74, 6) is -1.19. The van der Waals surface area contributed by atoms with Crippen molar-refractivity contribution in [3.8, 4) is 0 Å². The van der Waals surface area contributed by atoms with Gasteiger partial charge in [-0.3, -0.25) is 15.3 Å². The number of nitrogens with one attached hydrogen (secondary N) is 1. The maximum absolute atomic E-state index is 11.7. The summed E-state index contributed by atoms with van der Waals surface area (Å²) in [6.45, 7) is 1.27. The van der Waals surface area contributed by atoms with Crippen LogP contribution >= 0.6 is 0 Å². The minimum Gasteiger partial charge on any atom is -0.320 e. The Kier molecular flexibility index (Phi) is 4.02. The average molecular weight is 220 g/mol. The fourth-order valence-electron chi connectivity index (χ4n) is 1.29. The summed E-state index contributed by atoms with van der Waals surface area (Å²) in [5, 5.41) is 0. The Morgan fingerprint density at radius 1 is 1.38 bits per heavy atom. The maximum atomic E-state index is 11.7. The van der Waals surface area contributed by atoms with E-state index in [1.54, 1.807) is 37.3 Å². The highest BCUT2D eigenvalue weighted by Gasteiger charge is 2.20. The third kappa shape index (κ3) is 3.06. The summed E-state index contributed by atoms with van der Waals surface area (Å²) in [6.07, 6.45) is 0. The number of amides is 2. The van der Waals surface area contributed by atoms with Crippen LogP contribution in [0.15, 0.2) is 30.3 Å². The number of benzene rings is 1. The molecule has 0 aliphatic carbocycles. The summed E-state index contributed by atoms with van der Waals surface area (Å²) in [7, 11) is 0. The van der Waals surface area contributed by atoms with Gasteiger partial charge in [0.2, 0.25) is 5.91 Å². The van der Waals surface area contributed by atoms with Crippen LogP contribution in [0.2, 0.25) is 0 Å². The first-order valence-electron chi connectivity index (χ1n) is 4.89. The van der Waals surface area contributed by atoms with Crippen LogP contribution in [0.4, 0.5) is 5.69 Å². The first-order chi connectivity index (χ1) is 7.52. The van der Waals surface area contributed by atoms with Gasteiger partial charge in [0.15, 0.2) is 0 Å². The minimum atomic E-state index is -0.821. The lowest BCUT2D eigenvalue weighted by Gasteiger charge is -2.22. The van der Waals surface area contributed by atoms with Gasteiger partial charge in [0, 0.05) is 5.69 Å². The monoisotopic (exact) mass is 220 g/mol. The molecule has 0 aliphatic rings. The average Bonchev–Trinajstić information content (AvgIpc) is 2.26. The van der Waals surface area contributed by atoms with Crippen molar-refractivity contribution in [1.82, 2.24) is 5.73 Å². The van der Waals surface area contributed by atoms with Gasteiger partial charge in [0.05, 0.1) is 6.04 Å². The zero-order chi connectivity index (χ0) is 12.1. The smallest absolute Gasteiger partial charge is 0.258 e. The van der Waals surface area contributed by atoms with Crippen molar-refractivity contribution in [2.75, 3.05) is 11.4 Å². The number of nitrogens with two attached hydrogens (primary N) is 1. The second-order valence-electron chi connectivity index (χ2n) is 3.47. The number of para-hydroxylation sites is 1. The molecule has 0 unspecified atom stereocenters. The molecule has 0 aromatic heterocycles. The maximum Gasteiger partial charge on any atom is 0.258 e. The van der Waals surface area contributed by atoms with Crippen molar-refractivity contribution in [1.29, 1.82) is 0 Å². The summed E-state index contributed by atoms with van der Waals surface area (Å²) in [4.78, 5) is 23.8. The van der Waals surface area contributed by atoms with Crippen LogP contribution in [0.1, 0.15) is 6.92 Å². The first kappa shape index (κ1) is 12.2. The lowest BCUT2D eigenvalue weighted by molar-refractivity contribution is -0.123. The highest BCUT2D eigenvalue weighted by atomic mass is 16.2. The molecule has 16 heavy (non-hydrogen) atoms. The van der Waals surface area contributed by atoms with E-state index in [0.29, 0.717) is 5.69 Å². The summed E-state index contributed by atoms with van der Waals surface area (Å²) in [5.41, 5.74) is 13.0. The third-order valence-electron chi connectivity index (χ3n) is 2.03. The predicted molar refractivity (Wildman–Crippen MR) is 60.5 cm³/mol. The zero-order valence-corrected chi connectivity index (χ0v) is 9.01. The molecule has 1 radical (unpaired) electrons. The van der Waals surface area contributed by atoms with Gasteiger partial charge in [-0.2, -0.15) is 0 Å². The van der Waals surface area contributed by atoms with Gasteiger partial charge in [-0.1, -0.05) is 18.2 Å². The van der Waals surface area contributed by atoms with Crippen molar-refractivity contribution in [3.05, 3.63) is 30.3 Å². The number of anilines is 1. The molecule has 0 aliphatic heterocycles. The molecular formula is C11H14N3O2. The number of nitrogens with zero attached hydrogens (tertiary/aromatic N) is 1. The number of carbonyl (C=O) groups excluding carboxylic acids is 2. The zero-order valence-electron chi connectivity index (χ0n) is 9.01. The van der Waals surface area contributed by atoms with Crippen molar-refractivity contribution in [3.63, 3.8) is 0 Å². The fraction of sp³-hybridized carbons (Fsp3) is 0.273. The van der Waals surface area contributed by atoms with Gasteiger partial charge in [0.1, 0.15) is 6.54 Å². The fourth-order valence-corrected chi connectivity index (χ4v) is 1.29. The molecule has 1 aromatic rings. The molecule has 1 atom stereocenters. The molecule has 0 saturated heterocycles. The molecule has 5 heteroatoms. The second-order valence-corrected chi connectivity index (χ2v) is 3.47. The number of hydrogen-bond acceptors (Lipinski definition) is 3. The topological polar surface area (TPSA) is 87.2 Å². The number of hydrogen-bond donors (Lipinski definition) is 1. The minimum absolute atomic E-state index is 0.273.